The van der Waals surface area contributed by atoms with Gasteiger partial charge >= 0.3 is 29.6 Å². The van der Waals surface area contributed by atoms with Crippen molar-refractivity contribution in [2.24, 2.45) is 25.7 Å². The fraction of sp³-hybridized carbons (Fsp3) is 0.103. The molecular formula is C29H23N6NaO2S. The van der Waals surface area contributed by atoms with E-state index in [-0.39, 0.29) is 41.6 Å². The van der Waals surface area contributed by atoms with Crippen LogP contribution in [-0.2, 0) is 17.8 Å². The second-order valence-corrected chi connectivity index (χ2v) is 9.79. The topological polar surface area (TPSA) is 100 Å². The van der Waals surface area contributed by atoms with Crippen molar-refractivity contribution in [3.63, 3.8) is 0 Å². The molecule has 2 heterocycles. The Morgan fingerprint density at radius 2 is 1.54 bits per heavy atom. The Morgan fingerprint density at radius 1 is 0.846 bits per heavy atom. The van der Waals surface area contributed by atoms with Crippen LogP contribution in [0.5, 0.6) is 5.75 Å². The first-order chi connectivity index (χ1) is 18.7. The van der Waals surface area contributed by atoms with Gasteiger partial charge in [0.05, 0.1) is 4.91 Å². The first-order valence-electron chi connectivity index (χ1n) is 12.1. The van der Waals surface area contributed by atoms with Crippen molar-refractivity contribution in [2.45, 2.75) is 19.2 Å². The van der Waals surface area contributed by atoms with Gasteiger partial charge in [0.15, 0.2) is 11.3 Å². The van der Waals surface area contributed by atoms with Crippen LogP contribution in [0.25, 0.3) is 16.8 Å². The molecule has 0 aromatic heterocycles. The fourth-order valence-corrected chi connectivity index (χ4v) is 4.97. The minimum atomic E-state index is -0.284. The second-order valence-electron chi connectivity index (χ2n) is 8.76. The number of nitrogens with one attached hydrogen (secondary N) is 1. The Hall–Kier alpha value is -3.63. The summed E-state index contributed by atoms with van der Waals surface area (Å²) in [5.74, 6) is 0.431. The summed E-state index contributed by atoms with van der Waals surface area (Å²) >= 11 is 1.31. The van der Waals surface area contributed by atoms with Gasteiger partial charge in [-0.1, -0.05) is 66.7 Å². The van der Waals surface area contributed by atoms with Gasteiger partial charge in [0, 0.05) is 17.7 Å². The van der Waals surface area contributed by atoms with E-state index < -0.39 is 0 Å². The molecule has 1 amide bonds. The van der Waals surface area contributed by atoms with E-state index in [1.807, 2.05) is 91.0 Å². The first kappa shape index (κ1) is 27.0. The summed E-state index contributed by atoms with van der Waals surface area (Å²) in [4.78, 5) is 17.5. The molecule has 0 spiro atoms. The number of carbonyl (C=O) groups excluding carboxylic acids is 1. The number of benzene rings is 4. The molecule has 0 bridgehead atoms. The van der Waals surface area contributed by atoms with Crippen LogP contribution in [0.3, 0.4) is 0 Å². The van der Waals surface area contributed by atoms with Crippen LogP contribution in [0.4, 0.5) is 5.69 Å². The molecule has 0 fully saturated rings. The molecule has 0 saturated heterocycles. The van der Waals surface area contributed by atoms with Gasteiger partial charge in [-0.05, 0) is 74.4 Å². The third-order valence-electron chi connectivity index (χ3n) is 6.06. The number of aliphatic imine (C=N–C) groups is 1. The van der Waals surface area contributed by atoms with Gasteiger partial charge in [-0.3, -0.25) is 4.79 Å². The number of hydrogen-bond acceptors (Lipinski definition) is 8. The van der Waals surface area contributed by atoms with Gasteiger partial charge in [-0.2, -0.15) is 4.99 Å². The predicted molar refractivity (Wildman–Crippen MR) is 157 cm³/mol. The van der Waals surface area contributed by atoms with E-state index in [9.17, 15) is 4.79 Å². The zero-order chi connectivity index (χ0) is 25.7. The average molecular weight is 543 g/mol. The number of hydrogen-bond donors (Lipinski definition) is 1. The number of ether oxygens (including phenoxy) is 1. The van der Waals surface area contributed by atoms with Crippen LogP contribution in [0.2, 0.25) is 0 Å². The molecule has 4 aromatic rings. The predicted octanol–water partition coefficient (Wildman–Crippen LogP) is 6.55. The van der Waals surface area contributed by atoms with Crippen molar-refractivity contribution in [1.82, 2.24) is 0 Å². The van der Waals surface area contributed by atoms with Crippen LogP contribution >= 0.6 is 11.8 Å². The molecule has 39 heavy (non-hydrogen) atoms. The van der Waals surface area contributed by atoms with E-state index in [4.69, 9.17) is 4.74 Å². The Kier molecular flexibility index (Phi) is 8.63. The van der Waals surface area contributed by atoms with Gasteiger partial charge in [0.25, 0.3) is 5.91 Å². The number of fused-ring (bicyclic) bond motifs is 1. The third kappa shape index (κ3) is 6.69. The van der Waals surface area contributed by atoms with Crippen molar-refractivity contribution in [2.75, 3.05) is 5.32 Å². The summed E-state index contributed by atoms with van der Waals surface area (Å²) < 4.78 is 6.21. The van der Waals surface area contributed by atoms with E-state index in [0.29, 0.717) is 28.9 Å². The SMILES string of the molecule is O=C1N=C(Nc2ccc(CC3N=NN=N3)cc2)SC1=Cc1cc2ccccc2cc1OCc1ccccc1.[NaH]. The monoisotopic (exact) mass is 542 g/mol. The maximum atomic E-state index is 12.8. The van der Waals surface area contributed by atoms with Gasteiger partial charge in [0.1, 0.15) is 12.4 Å². The van der Waals surface area contributed by atoms with Gasteiger partial charge < -0.3 is 10.1 Å². The first-order valence-corrected chi connectivity index (χ1v) is 12.9. The number of carbonyl (C=O) groups is 1. The average Bonchev–Trinajstić information content (AvgIpc) is 3.58. The summed E-state index contributed by atoms with van der Waals surface area (Å²) in [6, 6.07) is 30.0. The molecule has 0 unspecified atom stereocenters. The number of rotatable bonds is 7. The molecule has 10 heteroatoms. The van der Waals surface area contributed by atoms with E-state index in [0.717, 1.165) is 33.2 Å². The molecule has 1 N–H and O–H groups in total. The normalized spacial score (nSPS) is 15.5. The second kappa shape index (κ2) is 12.5. The molecule has 6 rings (SSSR count). The standard InChI is InChI=1S/C29H22N6O2S.Na.H/c36-28-26(38-29(31-28)30-24-12-10-19(11-13-24)14-27-32-34-35-33-27)17-23-15-21-8-4-5-9-22(21)16-25(23)37-18-20-6-2-1-3-7-20;;/h1-13,15-17,27H,14,18H2,(H,30,31,36);;. The van der Waals surface area contributed by atoms with Crippen molar-refractivity contribution in [3.8, 4) is 5.75 Å². The molecule has 8 nitrogen and oxygen atoms in total. The van der Waals surface area contributed by atoms with Crippen molar-refractivity contribution < 1.29 is 9.53 Å². The number of nitrogens with zero attached hydrogens (tertiary/aromatic N) is 5. The number of thioether (sulfide) groups is 1. The number of amidine groups is 1. The molecule has 0 aliphatic carbocycles. The molecule has 0 atom stereocenters. The molecule has 4 aromatic carbocycles. The van der Waals surface area contributed by atoms with Gasteiger partial charge in [-0.25, -0.2) is 0 Å². The molecular weight excluding hydrogens is 519 g/mol. The summed E-state index contributed by atoms with van der Waals surface area (Å²) in [7, 11) is 0. The van der Waals surface area contributed by atoms with Crippen LogP contribution in [0.15, 0.2) is 122 Å². The van der Waals surface area contributed by atoms with Crippen molar-refractivity contribution in [3.05, 3.63) is 113 Å². The Morgan fingerprint density at radius 3 is 2.28 bits per heavy atom. The molecule has 0 radical (unpaired) electrons. The Balaban J connectivity index is 0.00000308. The Bertz CT molecular complexity index is 1610. The van der Waals surface area contributed by atoms with E-state index in [1.54, 1.807) is 0 Å². The molecule has 0 saturated carbocycles. The van der Waals surface area contributed by atoms with Gasteiger partial charge in [0.2, 0.25) is 0 Å². The quantitative estimate of drug-likeness (QED) is 0.211. The third-order valence-corrected chi connectivity index (χ3v) is 6.95. The van der Waals surface area contributed by atoms with Crippen LogP contribution in [0, 0.1) is 0 Å². The summed E-state index contributed by atoms with van der Waals surface area (Å²) in [6.07, 6.45) is 2.23. The van der Waals surface area contributed by atoms with Crippen molar-refractivity contribution in [1.29, 1.82) is 0 Å². The summed E-state index contributed by atoms with van der Waals surface area (Å²) in [6.45, 7) is 0.433. The maximum absolute atomic E-state index is 12.8. The molecule has 188 valence electrons. The van der Waals surface area contributed by atoms with Gasteiger partial charge in [-0.15, -0.1) is 10.2 Å². The molecule has 2 aliphatic heterocycles. The van der Waals surface area contributed by atoms with Crippen LogP contribution in [-0.4, -0.2) is 46.8 Å². The van der Waals surface area contributed by atoms with E-state index in [2.05, 4.69) is 37.1 Å². The fourth-order valence-electron chi connectivity index (χ4n) is 4.14. The number of amides is 1. The van der Waals surface area contributed by atoms with Crippen LogP contribution in [0.1, 0.15) is 16.7 Å². The van der Waals surface area contributed by atoms with E-state index in [1.165, 1.54) is 11.8 Å². The van der Waals surface area contributed by atoms with Crippen molar-refractivity contribution >= 4 is 74.9 Å². The summed E-state index contributed by atoms with van der Waals surface area (Å²) in [5.41, 5.74) is 3.81. The summed E-state index contributed by atoms with van der Waals surface area (Å²) in [5, 5.41) is 20.9. The minimum absolute atomic E-state index is 0. The molecule has 2 aliphatic rings. The van der Waals surface area contributed by atoms with Crippen LogP contribution < -0.4 is 10.1 Å². The Labute approximate surface area is 251 Å². The van der Waals surface area contributed by atoms with E-state index >= 15 is 0 Å². The number of anilines is 1. The zero-order valence-electron chi connectivity index (χ0n) is 20.2. The zero-order valence-corrected chi connectivity index (χ0v) is 21.0.